The number of hydrogen-bond donors (Lipinski definition) is 3. The third-order valence-electron chi connectivity index (χ3n) is 1.42. The number of esters is 1. The summed E-state index contributed by atoms with van der Waals surface area (Å²) in [5, 5.41) is 26.6. The Bertz CT molecular complexity index is 155. The molecule has 0 spiro atoms. The van der Waals surface area contributed by atoms with Crippen molar-refractivity contribution in [2.45, 2.75) is 45.2 Å². The van der Waals surface area contributed by atoms with Gasteiger partial charge < -0.3 is 20.1 Å². The van der Waals surface area contributed by atoms with Crippen LogP contribution in [0.15, 0.2) is 0 Å². The maximum absolute atomic E-state index is 10.7. The summed E-state index contributed by atoms with van der Waals surface area (Å²) >= 11 is 0. The Morgan fingerprint density at radius 1 is 1.23 bits per heavy atom. The van der Waals surface area contributed by atoms with Gasteiger partial charge in [0.2, 0.25) is 6.29 Å². The summed E-state index contributed by atoms with van der Waals surface area (Å²) in [4.78, 5) is 10.7. The normalized spacial score (nSPS) is 17.6. The molecule has 0 rings (SSSR count). The predicted molar refractivity (Wildman–Crippen MR) is 44.7 cm³/mol. The molecular formula is C8H16O5. The molecule has 0 aromatic carbocycles. The lowest BCUT2D eigenvalue weighted by molar-refractivity contribution is -0.178. The van der Waals surface area contributed by atoms with E-state index >= 15 is 0 Å². The second-order valence-electron chi connectivity index (χ2n) is 2.99. The van der Waals surface area contributed by atoms with E-state index in [1.165, 1.54) is 6.92 Å². The van der Waals surface area contributed by atoms with Crippen LogP contribution in [0.5, 0.6) is 0 Å². The van der Waals surface area contributed by atoms with Crippen LogP contribution in [0.2, 0.25) is 0 Å². The highest BCUT2D eigenvalue weighted by molar-refractivity contribution is 5.73. The first-order chi connectivity index (χ1) is 5.93. The summed E-state index contributed by atoms with van der Waals surface area (Å²) in [6.45, 7) is 2.83. The van der Waals surface area contributed by atoms with E-state index in [2.05, 4.69) is 4.74 Å². The minimum atomic E-state index is -1.25. The second kappa shape index (κ2) is 5.90. The monoisotopic (exact) mass is 192 g/mol. The molecule has 0 amide bonds. The molecule has 0 heterocycles. The molecule has 0 bridgehead atoms. The zero-order valence-electron chi connectivity index (χ0n) is 7.80. The summed E-state index contributed by atoms with van der Waals surface area (Å²) in [5.41, 5.74) is 0. The van der Waals surface area contributed by atoms with Crippen molar-refractivity contribution in [2.24, 2.45) is 0 Å². The largest absolute Gasteiger partial charge is 0.434 e. The van der Waals surface area contributed by atoms with Gasteiger partial charge in [-0.2, -0.15) is 0 Å². The van der Waals surface area contributed by atoms with Crippen LogP contribution in [-0.2, 0) is 9.53 Å². The number of carbonyl (C=O) groups is 1. The van der Waals surface area contributed by atoms with Crippen LogP contribution in [0.4, 0.5) is 0 Å². The quantitative estimate of drug-likeness (QED) is 0.399. The van der Waals surface area contributed by atoms with Gasteiger partial charge in [0.05, 0.1) is 6.10 Å². The van der Waals surface area contributed by atoms with Crippen molar-refractivity contribution in [2.75, 3.05) is 0 Å². The van der Waals surface area contributed by atoms with E-state index in [1.54, 1.807) is 6.92 Å². The third kappa shape index (κ3) is 6.51. The van der Waals surface area contributed by atoms with Gasteiger partial charge in [-0.25, -0.2) is 4.79 Å². The summed E-state index contributed by atoms with van der Waals surface area (Å²) in [6, 6.07) is 0. The lowest BCUT2D eigenvalue weighted by Gasteiger charge is -2.13. The van der Waals surface area contributed by atoms with Crippen LogP contribution in [-0.4, -0.2) is 39.8 Å². The second-order valence-corrected chi connectivity index (χ2v) is 2.99. The fourth-order valence-electron chi connectivity index (χ4n) is 0.675. The van der Waals surface area contributed by atoms with E-state index in [-0.39, 0.29) is 6.42 Å². The summed E-state index contributed by atoms with van der Waals surface area (Å²) < 4.78 is 4.42. The molecule has 0 aliphatic heterocycles. The van der Waals surface area contributed by atoms with Crippen molar-refractivity contribution in [1.82, 2.24) is 0 Å². The van der Waals surface area contributed by atoms with Crippen molar-refractivity contribution in [3.63, 3.8) is 0 Å². The molecule has 3 unspecified atom stereocenters. The lowest BCUT2D eigenvalue weighted by atomic mass is 10.2. The molecule has 5 nitrogen and oxygen atoms in total. The fourth-order valence-corrected chi connectivity index (χ4v) is 0.675. The molecule has 0 fully saturated rings. The molecule has 5 heteroatoms. The van der Waals surface area contributed by atoms with E-state index in [0.717, 1.165) is 0 Å². The number of ether oxygens (including phenoxy) is 1. The maximum Gasteiger partial charge on any atom is 0.336 e. The minimum Gasteiger partial charge on any atom is -0.434 e. The Kier molecular flexibility index (Phi) is 5.61. The standard InChI is InChI=1S/C8H16O5/c1-5(9)3-4-7(11)13-8(12)6(2)10/h5-7,9-11H,3-4H2,1-2H3. The minimum absolute atomic E-state index is 0.163. The third-order valence-corrected chi connectivity index (χ3v) is 1.42. The zero-order chi connectivity index (χ0) is 10.4. The highest BCUT2D eigenvalue weighted by Gasteiger charge is 2.15. The fraction of sp³-hybridized carbons (Fsp3) is 0.875. The molecular weight excluding hydrogens is 176 g/mol. The van der Waals surface area contributed by atoms with Gasteiger partial charge in [-0.15, -0.1) is 0 Å². The smallest absolute Gasteiger partial charge is 0.336 e. The Balaban J connectivity index is 3.62. The van der Waals surface area contributed by atoms with Crippen molar-refractivity contribution in [1.29, 1.82) is 0 Å². The van der Waals surface area contributed by atoms with E-state index in [0.29, 0.717) is 6.42 Å². The summed E-state index contributed by atoms with van der Waals surface area (Å²) in [6.07, 6.45) is -2.53. The molecule has 3 atom stereocenters. The first kappa shape index (κ1) is 12.3. The van der Waals surface area contributed by atoms with Crippen LogP contribution in [0.3, 0.4) is 0 Å². The number of carbonyl (C=O) groups excluding carboxylic acids is 1. The average molecular weight is 192 g/mol. The SMILES string of the molecule is CC(O)CCC(O)OC(=O)C(C)O. The molecule has 13 heavy (non-hydrogen) atoms. The predicted octanol–water partition coefficient (Wildman–Crippen LogP) is -0.610. The molecule has 0 radical (unpaired) electrons. The number of hydrogen-bond acceptors (Lipinski definition) is 5. The Hall–Kier alpha value is -0.650. The zero-order valence-corrected chi connectivity index (χ0v) is 7.80. The molecule has 0 saturated carbocycles. The summed E-state index contributed by atoms with van der Waals surface area (Å²) in [7, 11) is 0. The van der Waals surface area contributed by atoms with Gasteiger partial charge >= 0.3 is 5.97 Å². The van der Waals surface area contributed by atoms with Crippen molar-refractivity contribution >= 4 is 5.97 Å². The Labute approximate surface area is 77.0 Å². The van der Waals surface area contributed by atoms with Gasteiger partial charge in [-0.05, 0) is 20.3 Å². The van der Waals surface area contributed by atoms with Gasteiger partial charge in [0.25, 0.3) is 0 Å². The lowest BCUT2D eigenvalue weighted by Crippen LogP contribution is -2.26. The molecule has 0 aliphatic rings. The van der Waals surface area contributed by atoms with Crippen LogP contribution in [0, 0.1) is 0 Å². The topological polar surface area (TPSA) is 87.0 Å². The van der Waals surface area contributed by atoms with Crippen LogP contribution in [0.25, 0.3) is 0 Å². The number of rotatable bonds is 5. The molecule has 0 aliphatic carbocycles. The average Bonchev–Trinajstić information content (AvgIpc) is 2.00. The van der Waals surface area contributed by atoms with Crippen molar-refractivity contribution < 1.29 is 24.9 Å². The Morgan fingerprint density at radius 3 is 2.15 bits per heavy atom. The molecule has 78 valence electrons. The van der Waals surface area contributed by atoms with Crippen LogP contribution < -0.4 is 0 Å². The molecule has 0 aromatic rings. The maximum atomic E-state index is 10.7. The van der Waals surface area contributed by atoms with Crippen molar-refractivity contribution in [3.05, 3.63) is 0 Å². The van der Waals surface area contributed by atoms with Gasteiger partial charge in [-0.1, -0.05) is 0 Å². The van der Waals surface area contributed by atoms with E-state index in [9.17, 15) is 4.79 Å². The number of aliphatic hydroxyl groups is 3. The van der Waals surface area contributed by atoms with Crippen molar-refractivity contribution in [3.8, 4) is 0 Å². The highest BCUT2D eigenvalue weighted by Crippen LogP contribution is 2.03. The molecule has 0 saturated heterocycles. The van der Waals surface area contributed by atoms with E-state index < -0.39 is 24.5 Å². The summed E-state index contributed by atoms with van der Waals surface area (Å²) in [5.74, 6) is -0.863. The van der Waals surface area contributed by atoms with E-state index in [4.69, 9.17) is 15.3 Å². The van der Waals surface area contributed by atoms with Gasteiger partial charge in [0.15, 0.2) is 0 Å². The highest BCUT2D eigenvalue weighted by atomic mass is 16.6. The van der Waals surface area contributed by atoms with Crippen LogP contribution in [0.1, 0.15) is 26.7 Å². The van der Waals surface area contributed by atoms with E-state index in [1.807, 2.05) is 0 Å². The van der Waals surface area contributed by atoms with Gasteiger partial charge in [-0.3, -0.25) is 0 Å². The van der Waals surface area contributed by atoms with Crippen LogP contribution >= 0.6 is 0 Å². The first-order valence-corrected chi connectivity index (χ1v) is 4.18. The number of aliphatic hydroxyl groups excluding tert-OH is 3. The Morgan fingerprint density at radius 2 is 1.77 bits per heavy atom. The van der Waals surface area contributed by atoms with Gasteiger partial charge in [0, 0.05) is 6.42 Å². The van der Waals surface area contributed by atoms with Gasteiger partial charge in [0.1, 0.15) is 6.10 Å². The first-order valence-electron chi connectivity index (χ1n) is 4.18. The molecule has 3 N–H and O–H groups in total. The molecule has 0 aromatic heterocycles.